The molecule has 186 valence electrons. The minimum atomic E-state index is -1.47. The van der Waals surface area contributed by atoms with Gasteiger partial charge >= 0.3 is 5.69 Å². The summed E-state index contributed by atoms with van der Waals surface area (Å²) in [6.07, 6.45) is -0.492. The number of nitrogens with zero attached hydrogens (tertiary/aromatic N) is 1. The molecule has 3 aromatic carbocycles. The van der Waals surface area contributed by atoms with Gasteiger partial charge in [-0.05, 0) is 42.0 Å². The maximum atomic E-state index is 13.9. The summed E-state index contributed by atoms with van der Waals surface area (Å²) in [5.74, 6) is -4.43. The fourth-order valence-corrected chi connectivity index (χ4v) is 5.23. The lowest BCUT2D eigenvalue weighted by atomic mass is 10.0. The molecule has 0 bridgehead atoms. The highest BCUT2D eigenvalue weighted by Crippen LogP contribution is 2.65. The quantitative estimate of drug-likeness (QED) is 0.141. The van der Waals surface area contributed by atoms with Crippen LogP contribution in [0.3, 0.4) is 0 Å². The Morgan fingerprint density at radius 1 is 1.00 bits per heavy atom. The van der Waals surface area contributed by atoms with Crippen LogP contribution in [0.25, 0.3) is 0 Å². The van der Waals surface area contributed by atoms with E-state index in [1.54, 1.807) is 0 Å². The number of carbonyl (C=O) groups excluding carboxylic acids is 2. The summed E-state index contributed by atoms with van der Waals surface area (Å²) in [4.78, 5) is 36.1. The number of rotatable bonds is 7. The topological polar surface area (TPSA) is 89.3 Å². The van der Waals surface area contributed by atoms with Crippen LogP contribution in [0.5, 0.6) is 0 Å². The van der Waals surface area contributed by atoms with Gasteiger partial charge in [0.15, 0.2) is 5.78 Å². The van der Waals surface area contributed by atoms with Gasteiger partial charge < -0.3 is 5.32 Å². The monoisotopic (exact) mass is 572 g/mol. The van der Waals surface area contributed by atoms with Crippen LogP contribution in [0.4, 0.5) is 20.2 Å². The second kappa shape index (κ2) is 9.94. The Kier molecular flexibility index (Phi) is 7.26. The molecule has 0 aromatic heterocycles. The molecule has 0 radical (unpaired) electrons. The van der Waals surface area contributed by atoms with E-state index in [0.717, 1.165) is 12.1 Å². The molecule has 1 aliphatic carbocycles. The average Bonchev–Trinajstić information content (AvgIpc) is 3.38. The van der Waals surface area contributed by atoms with Crippen LogP contribution in [0.1, 0.15) is 27.4 Å². The van der Waals surface area contributed by atoms with Crippen molar-refractivity contribution < 1.29 is 23.3 Å². The lowest BCUT2D eigenvalue weighted by Crippen LogP contribution is -2.17. The number of Topliss-reactive ketones (excluding diaryl/α,β-unsaturated/α-hetero) is 1. The van der Waals surface area contributed by atoms with Crippen LogP contribution < -0.4 is 5.32 Å². The smallest absolute Gasteiger partial charge is 0.308 e. The molecular formula is C24H14Cl4F2N2O4. The Bertz CT molecular complexity index is 1420. The number of benzene rings is 3. The predicted molar refractivity (Wildman–Crippen MR) is 133 cm³/mol. The number of nitro benzene ring substituents is 1. The molecule has 0 saturated heterocycles. The van der Waals surface area contributed by atoms with Gasteiger partial charge in [-0.15, -0.1) is 23.2 Å². The van der Waals surface area contributed by atoms with Crippen LogP contribution in [0.15, 0.2) is 54.6 Å². The van der Waals surface area contributed by atoms with Gasteiger partial charge in [0, 0.05) is 29.2 Å². The average molecular weight is 574 g/mol. The third-order valence-electron chi connectivity index (χ3n) is 5.78. The molecule has 6 nitrogen and oxygen atoms in total. The van der Waals surface area contributed by atoms with E-state index < -0.39 is 56.5 Å². The molecule has 12 heteroatoms. The number of ketones is 1. The second-order valence-electron chi connectivity index (χ2n) is 8.09. The summed E-state index contributed by atoms with van der Waals surface area (Å²) in [5, 5.41) is 13.7. The van der Waals surface area contributed by atoms with E-state index in [1.165, 1.54) is 42.5 Å². The summed E-state index contributed by atoms with van der Waals surface area (Å²) < 4.78 is 25.9. The molecule has 1 fully saturated rings. The number of hydrogen-bond acceptors (Lipinski definition) is 4. The van der Waals surface area contributed by atoms with Gasteiger partial charge in [0.2, 0.25) is 11.7 Å². The summed E-state index contributed by atoms with van der Waals surface area (Å²) in [6.45, 7) is 0. The Labute approximate surface area is 223 Å². The zero-order valence-corrected chi connectivity index (χ0v) is 20.9. The van der Waals surface area contributed by atoms with Gasteiger partial charge in [-0.2, -0.15) is 4.39 Å². The summed E-state index contributed by atoms with van der Waals surface area (Å²) in [5.41, 5.74) is -0.284. The van der Waals surface area contributed by atoms with E-state index >= 15 is 0 Å². The number of anilines is 1. The van der Waals surface area contributed by atoms with Gasteiger partial charge in [0.1, 0.15) is 10.2 Å². The minimum absolute atomic E-state index is 0.0336. The van der Waals surface area contributed by atoms with Crippen molar-refractivity contribution in [2.75, 3.05) is 5.32 Å². The maximum Gasteiger partial charge on any atom is 0.308 e. The highest BCUT2D eigenvalue weighted by atomic mass is 35.5. The van der Waals surface area contributed by atoms with Crippen molar-refractivity contribution in [2.24, 2.45) is 5.92 Å². The molecule has 1 N–H and O–H groups in total. The SMILES string of the molecule is O=C(Cc1cccc(F)c1[N+](=O)[O-])c1cc(NC(=O)[C@H]2[C@H](c3ccc(F)c(Cl)c3)C2(Cl)Cl)ccc1Cl. The van der Waals surface area contributed by atoms with E-state index in [9.17, 15) is 28.5 Å². The molecule has 0 heterocycles. The molecule has 0 aliphatic heterocycles. The number of hydrogen-bond donors (Lipinski definition) is 1. The van der Waals surface area contributed by atoms with Crippen LogP contribution >= 0.6 is 46.4 Å². The molecule has 0 unspecified atom stereocenters. The zero-order valence-electron chi connectivity index (χ0n) is 17.9. The first-order valence-corrected chi connectivity index (χ1v) is 11.8. The van der Waals surface area contributed by atoms with E-state index in [2.05, 4.69) is 5.32 Å². The van der Waals surface area contributed by atoms with Crippen LogP contribution in [-0.4, -0.2) is 20.9 Å². The van der Waals surface area contributed by atoms with E-state index in [-0.39, 0.29) is 26.9 Å². The van der Waals surface area contributed by atoms with E-state index in [0.29, 0.717) is 5.56 Å². The highest BCUT2D eigenvalue weighted by molar-refractivity contribution is 6.53. The Hall–Kier alpha value is -2.78. The third-order valence-corrected chi connectivity index (χ3v) is 7.34. The molecule has 2 atom stereocenters. The first kappa shape index (κ1) is 26.3. The Balaban J connectivity index is 1.53. The van der Waals surface area contributed by atoms with Gasteiger partial charge in [-0.25, -0.2) is 4.39 Å². The van der Waals surface area contributed by atoms with Crippen molar-refractivity contribution in [2.45, 2.75) is 16.7 Å². The van der Waals surface area contributed by atoms with E-state index in [1.807, 2.05) is 0 Å². The molecular weight excluding hydrogens is 560 g/mol. The summed E-state index contributed by atoms with van der Waals surface area (Å²) in [6, 6.07) is 11.5. The van der Waals surface area contributed by atoms with Crippen molar-refractivity contribution in [3.8, 4) is 0 Å². The zero-order chi connectivity index (χ0) is 26.4. The van der Waals surface area contributed by atoms with Crippen LogP contribution in [0.2, 0.25) is 10.0 Å². The lowest BCUT2D eigenvalue weighted by Gasteiger charge is -2.10. The number of carbonyl (C=O) groups is 2. The Morgan fingerprint density at radius 2 is 1.72 bits per heavy atom. The van der Waals surface area contributed by atoms with Crippen molar-refractivity contribution in [1.29, 1.82) is 0 Å². The fourth-order valence-electron chi connectivity index (χ4n) is 3.99. The van der Waals surface area contributed by atoms with Gasteiger partial charge in [-0.1, -0.05) is 41.4 Å². The van der Waals surface area contributed by atoms with Gasteiger partial charge in [0.05, 0.1) is 20.9 Å². The predicted octanol–water partition coefficient (Wildman–Crippen LogP) is 7.13. The molecule has 3 aromatic rings. The van der Waals surface area contributed by atoms with Crippen molar-refractivity contribution in [3.05, 3.63) is 103 Å². The number of nitro groups is 1. The van der Waals surface area contributed by atoms with Crippen LogP contribution in [0, 0.1) is 27.7 Å². The maximum absolute atomic E-state index is 13.9. The highest BCUT2D eigenvalue weighted by Gasteiger charge is 2.67. The lowest BCUT2D eigenvalue weighted by molar-refractivity contribution is -0.388. The molecule has 4 rings (SSSR count). The van der Waals surface area contributed by atoms with Gasteiger partial charge in [0.25, 0.3) is 0 Å². The number of alkyl halides is 2. The Morgan fingerprint density at radius 3 is 2.39 bits per heavy atom. The van der Waals surface area contributed by atoms with Crippen molar-refractivity contribution >= 4 is 69.5 Å². The first-order valence-electron chi connectivity index (χ1n) is 10.3. The molecule has 36 heavy (non-hydrogen) atoms. The van der Waals surface area contributed by atoms with Gasteiger partial charge in [-0.3, -0.25) is 19.7 Å². The van der Waals surface area contributed by atoms with E-state index in [4.69, 9.17) is 46.4 Å². The standard InChI is InChI=1S/C24H14Cl4F2N2O4/c25-15-6-5-13(10-14(15)19(33)9-12-2-1-3-18(30)22(12)32(35)36)31-23(34)21-20(24(21,27)28)11-4-7-17(29)16(26)8-11/h1-8,10,20-21H,9H2,(H,31,34)/t20-,21+/m0/s1. The largest absolute Gasteiger partial charge is 0.326 e. The summed E-state index contributed by atoms with van der Waals surface area (Å²) in [7, 11) is 0. The molecule has 1 saturated carbocycles. The fraction of sp³-hybridized carbons (Fsp3) is 0.167. The first-order chi connectivity index (χ1) is 16.9. The van der Waals surface area contributed by atoms with Crippen molar-refractivity contribution in [3.63, 3.8) is 0 Å². The third kappa shape index (κ3) is 5.04. The summed E-state index contributed by atoms with van der Waals surface area (Å²) >= 11 is 24.6. The number of nitrogens with one attached hydrogen (secondary N) is 1. The normalized spacial score (nSPS) is 17.9. The number of amides is 1. The molecule has 1 amide bonds. The molecule has 1 aliphatic rings. The number of para-hydroxylation sites is 1. The van der Waals surface area contributed by atoms with Crippen LogP contribution in [-0.2, 0) is 11.2 Å². The number of halogens is 6. The molecule has 0 spiro atoms. The second-order valence-corrected chi connectivity index (χ2v) is 10.4. The minimum Gasteiger partial charge on any atom is -0.326 e. The van der Waals surface area contributed by atoms with Crippen molar-refractivity contribution in [1.82, 2.24) is 0 Å².